The Labute approximate surface area is 242 Å². The summed E-state index contributed by atoms with van der Waals surface area (Å²) < 4.78 is 12.7. The topological polar surface area (TPSA) is 115 Å². The van der Waals surface area contributed by atoms with Gasteiger partial charge in [-0.2, -0.15) is 0 Å². The van der Waals surface area contributed by atoms with Crippen LogP contribution in [0.2, 0.25) is 0 Å². The maximum absolute atomic E-state index is 13.9. The molecule has 42 heavy (non-hydrogen) atoms. The first-order valence-corrected chi connectivity index (χ1v) is 13.7. The van der Waals surface area contributed by atoms with Crippen LogP contribution in [0.4, 0.5) is 0 Å². The zero-order chi connectivity index (χ0) is 29.1. The number of H-pyrrole nitrogens is 1. The molecule has 0 aliphatic heterocycles. The molecule has 0 unspecified atom stereocenters. The molecule has 0 aliphatic carbocycles. The Morgan fingerprint density at radius 3 is 2.55 bits per heavy atom. The van der Waals surface area contributed by atoms with Gasteiger partial charge < -0.3 is 14.1 Å². The molecule has 6 aromatic rings. The summed E-state index contributed by atoms with van der Waals surface area (Å²) in [6.07, 6.45) is 5.20. The molecule has 0 radical (unpaired) electrons. The van der Waals surface area contributed by atoms with E-state index in [-0.39, 0.29) is 5.56 Å². The van der Waals surface area contributed by atoms with Crippen LogP contribution in [-0.4, -0.2) is 42.2 Å². The van der Waals surface area contributed by atoms with Gasteiger partial charge in [0.15, 0.2) is 5.82 Å². The van der Waals surface area contributed by atoms with Crippen LogP contribution < -0.4 is 10.3 Å². The van der Waals surface area contributed by atoms with Gasteiger partial charge in [0.1, 0.15) is 24.1 Å². The zero-order valence-corrected chi connectivity index (χ0v) is 23.7. The molecule has 0 saturated heterocycles. The normalized spacial score (nSPS) is 12.2. The third-order valence-corrected chi connectivity index (χ3v) is 7.48. The lowest BCUT2D eigenvalue weighted by atomic mass is 9.98. The summed E-state index contributed by atoms with van der Waals surface area (Å²) >= 11 is 0. The number of pyridine rings is 2. The second-order valence-electron chi connectivity index (χ2n) is 10.3. The molecule has 4 aromatic heterocycles. The molecule has 0 spiro atoms. The third-order valence-electron chi connectivity index (χ3n) is 7.48. The highest BCUT2D eigenvalue weighted by Gasteiger charge is 2.31. The number of hydrogen-bond donors (Lipinski definition) is 1. The molecule has 0 aliphatic rings. The first-order chi connectivity index (χ1) is 20.5. The van der Waals surface area contributed by atoms with Crippen LogP contribution >= 0.6 is 0 Å². The van der Waals surface area contributed by atoms with Crippen molar-refractivity contribution in [2.24, 2.45) is 0 Å². The average Bonchev–Trinajstić information content (AvgIpc) is 3.69. The summed E-state index contributed by atoms with van der Waals surface area (Å²) in [7, 11) is 1.65. The fourth-order valence-electron chi connectivity index (χ4n) is 5.29. The van der Waals surface area contributed by atoms with Gasteiger partial charge in [-0.15, -0.1) is 5.10 Å². The van der Waals surface area contributed by atoms with Crippen molar-refractivity contribution in [1.29, 1.82) is 0 Å². The largest absolute Gasteiger partial charge is 0.497 e. The van der Waals surface area contributed by atoms with Crippen LogP contribution in [-0.2, 0) is 19.6 Å². The molecular weight excluding hydrogens is 530 g/mol. The minimum Gasteiger partial charge on any atom is -0.497 e. The molecule has 10 heteroatoms. The predicted molar refractivity (Wildman–Crippen MR) is 158 cm³/mol. The lowest BCUT2D eigenvalue weighted by molar-refractivity contribution is 0.193. The third kappa shape index (κ3) is 5.57. The summed E-state index contributed by atoms with van der Waals surface area (Å²) in [4.78, 5) is 23.7. The van der Waals surface area contributed by atoms with Crippen molar-refractivity contribution in [1.82, 2.24) is 35.1 Å². The molecule has 0 fully saturated rings. The van der Waals surface area contributed by atoms with E-state index in [2.05, 4.69) is 36.5 Å². The molecule has 0 saturated carbocycles. The number of aromatic amines is 1. The molecule has 2 aromatic carbocycles. The van der Waals surface area contributed by atoms with Crippen molar-refractivity contribution in [3.63, 3.8) is 0 Å². The molecular formula is C32H31N7O3. The fraction of sp³-hybridized carbons (Fsp3) is 0.219. The number of tetrazole rings is 1. The smallest absolute Gasteiger partial charge is 0.253 e. The van der Waals surface area contributed by atoms with Gasteiger partial charge in [0.2, 0.25) is 0 Å². The summed E-state index contributed by atoms with van der Waals surface area (Å²) in [6.45, 7) is 5.35. The Morgan fingerprint density at radius 1 is 1.00 bits per heavy atom. The molecule has 4 heterocycles. The maximum atomic E-state index is 13.9. The van der Waals surface area contributed by atoms with Gasteiger partial charge in [-0.1, -0.05) is 30.3 Å². The zero-order valence-electron chi connectivity index (χ0n) is 23.7. The first kappa shape index (κ1) is 27.1. The van der Waals surface area contributed by atoms with E-state index < -0.39 is 6.04 Å². The SMILES string of the molecule is COc1ccc(CN(Cc2cccnc2)[C@H](c2cc3c(C)ccc(C)c3[nH]c2=O)c2nnnn2Cc2ccco2)cc1. The second kappa shape index (κ2) is 11.8. The summed E-state index contributed by atoms with van der Waals surface area (Å²) in [5.74, 6) is 2.00. The highest BCUT2D eigenvalue weighted by Crippen LogP contribution is 2.31. The number of furan rings is 1. The Hall–Kier alpha value is -5.09. The monoisotopic (exact) mass is 561 g/mol. The van der Waals surface area contributed by atoms with Gasteiger partial charge in [0.25, 0.3) is 5.56 Å². The number of aryl methyl sites for hydroxylation is 2. The van der Waals surface area contributed by atoms with Gasteiger partial charge in [0.05, 0.1) is 18.9 Å². The van der Waals surface area contributed by atoms with Crippen molar-refractivity contribution in [2.75, 3.05) is 7.11 Å². The Balaban J connectivity index is 1.54. The Bertz CT molecular complexity index is 1850. The number of aromatic nitrogens is 6. The van der Waals surface area contributed by atoms with Crippen LogP contribution in [0, 0.1) is 13.8 Å². The van der Waals surface area contributed by atoms with Gasteiger partial charge in [-0.05, 0) is 82.9 Å². The predicted octanol–water partition coefficient (Wildman–Crippen LogP) is 4.97. The molecule has 1 atom stereocenters. The number of fused-ring (bicyclic) bond motifs is 1. The second-order valence-corrected chi connectivity index (χ2v) is 10.3. The van der Waals surface area contributed by atoms with E-state index in [4.69, 9.17) is 9.15 Å². The average molecular weight is 562 g/mol. The lowest BCUT2D eigenvalue weighted by Gasteiger charge is -2.31. The van der Waals surface area contributed by atoms with Crippen molar-refractivity contribution in [3.8, 4) is 5.75 Å². The maximum Gasteiger partial charge on any atom is 0.253 e. The number of nitrogens with one attached hydrogen (secondary N) is 1. The van der Waals surface area contributed by atoms with Crippen molar-refractivity contribution < 1.29 is 9.15 Å². The highest BCUT2D eigenvalue weighted by molar-refractivity contribution is 5.85. The molecule has 0 bridgehead atoms. The Kier molecular flexibility index (Phi) is 7.61. The van der Waals surface area contributed by atoms with Crippen molar-refractivity contribution >= 4 is 10.9 Å². The number of hydrogen-bond acceptors (Lipinski definition) is 8. The van der Waals surface area contributed by atoms with E-state index >= 15 is 0 Å². The Morgan fingerprint density at radius 2 is 1.81 bits per heavy atom. The molecule has 10 nitrogen and oxygen atoms in total. The van der Waals surface area contributed by atoms with E-state index in [1.165, 1.54) is 0 Å². The van der Waals surface area contributed by atoms with Crippen LogP contribution in [0.5, 0.6) is 5.75 Å². The van der Waals surface area contributed by atoms with Crippen molar-refractivity contribution in [2.45, 2.75) is 39.5 Å². The summed E-state index contributed by atoms with van der Waals surface area (Å²) in [6, 6.07) is 21.0. The quantitative estimate of drug-likeness (QED) is 0.249. The van der Waals surface area contributed by atoms with E-state index in [0.29, 0.717) is 36.8 Å². The minimum atomic E-state index is -0.606. The molecule has 0 amide bonds. The fourth-order valence-corrected chi connectivity index (χ4v) is 5.29. The van der Waals surface area contributed by atoms with E-state index in [9.17, 15) is 4.79 Å². The van der Waals surface area contributed by atoms with E-state index in [1.54, 1.807) is 24.3 Å². The van der Waals surface area contributed by atoms with Crippen LogP contribution in [0.25, 0.3) is 10.9 Å². The highest BCUT2D eigenvalue weighted by atomic mass is 16.5. The van der Waals surface area contributed by atoms with E-state index in [1.807, 2.05) is 80.7 Å². The molecule has 6 rings (SSSR count). The van der Waals surface area contributed by atoms with Crippen molar-refractivity contribution in [3.05, 3.63) is 135 Å². The van der Waals surface area contributed by atoms with Crippen LogP contribution in [0.3, 0.4) is 0 Å². The van der Waals surface area contributed by atoms with Crippen LogP contribution in [0.15, 0.2) is 94.6 Å². The van der Waals surface area contributed by atoms with Gasteiger partial charge in [-0.3, -0.25) is 14.7 Å². The van der Waals surface area contributed by atoms with Gasteiger partial charge >= 0.3 is 0 Å². The molecule has 212 valence electrons. The standard InChI is InChI=1S/C32H31N7O3/c1-21-8-9-22(2)29-27(21)16-28(32(40)34-29)30(31-35-36-37-39(31)20-26-7-5-15-42-26)38(19-24-6-4-14-33-17-24)18-23-10-12-25(41-3)13-11-23/h4-17,30H,18-20H2,1-3H3,(H,34,40)/t30-/m1/s1. The van der Waals surface area contributed by atoms with Gasteiger partial charge in [0, 0.05) is 36.4 Å². The minimum absolute atomic E-state index is 0.195. The van der Waals surface area contributed by atoms with Gasteiger partial charge in [-0.25, -0.2) is 4.68 Å². The number of benzene rings is 2. The van der Waals surface area contributed by atoms with E-state index in [0.717, 1.165) is 38.9 Å². The number of rotatable bonds is 10. The first-order valence-electron chi connectivity index (χ1n) is 13.7. The summed E-state index contributed by atoms with van der Waals surface area (Å²) in [5, 5.41) is 13.8. The number of nitrogens with zero attached hydrogens (tertiary/aromatic N) is 6. The lowest BCUT2D eigenvalue weighted by Crippen LogP contribution is -2.35. The molecule has 1 N–H and O–H groups in total. The van der Waals surface area contributed by atoms with Crippen LogP contribution in [0.1, 0.15) is 45.4 Å². The summed E-state index contributed by atoms with van der Waals surface area (Å²) in [5.41, 5.74) is 5.28. The number of ether oxygens (including phenoxy) is 1. The number of methoxy groups -OCH3 is 1.